The fourth-order valence-electron chi connectivity index (χ4n) is 1.88. The molecule has 0 amide bonds. The van der Waals surface area contributed by atoms with Crippen LogP contribution in [0.4, 0.5) is 0 Å². The normalized spacial score (nSPS) is 13.6. The fourth-order valence-corrected chi connectivity index (χ4v) is 2.18. The van der Waals surface area contributed by atoms with Gasteiger partial charge in [0, 0.05) is 18.9 Å². The summed E-state index contributed by atoms with van der Waals surface area (Å²) in [6, 6.07) is 8.57. The Hall–Kier alpha value is -1.28. The minimum atomic E-state index is -0.0202. The van der Waals surface area contributed by atoms with Crippen LogP contribution in [0.1, 0.15) is 37.3 Å². The molecule has 1 unspecified atom stereocenters. The second-order valence-corrected chi connectivity index (χ2v) is 6.13. The summed E-state index contributed by atoms with van der Waals surface area (Å²) in [5, 5.41) is -0.0202. The Morgan fingerprint density at radius 1 is 1.22 bits per heavy atom. The lowest BCUT2D eigenvalue weighted by molar-refractivity contribution is 0.589. The minimum absolute atomic E-state index is 0.0202. The first-order chi connectivity index (χ1) is 8.47. The van der Waals surface area contributed by atoms with Crippen LogP contribution in [0.15, 0.2) is 43.0 Å². The molecule has 3 heteroatoms. The van der Waals surface area contributed by atoms with Crippen molar-refractivity contribution in [1.82, 2.24) is 9.55 Å². The molecule has 0 spiro atoms. The van der Waals surface area contributed by atoms with E-state index in [1.165, 1.54) is 5.56 Å². The SMILES string of the molecule is CC(C)(C)c1ccc(C(Cl)Cn2ccnc2)cc1. The number of imidazole rings is 1. The zero-order chi connectivity index (χ0) is 13.2. The van der Waals surface area contributed by atoms with Gasteiger partial charge >= 0.3 is 0 Å². The molecule has 0 fully saturated rings. The Balaban J connectivity index is 2.10. The highest BCUT2D eigenvalue weighted by Gasteiger charge is 2.14. The number of halogens is 1. The Morgan fingerprint density at radius 3 is 2.39 bits per heavy atom. The number of aromatic nitrogens is 2. The molecule has 0 radical (unpaired) electrons. The number of benzene rings is 1. The third-order valence-corrected chi connectivity index (χ3v) is 3.46. The van der Waals surface area contributed by atoms with Crippen molar-refractivity contribution >= 4 is 11.6 Å². The Kier molecular flexibility index (Phi) is 3.76. The maximum Gasteiger partial charge on any atom is 0.0946 e. The fraction of sp³-hybridized carbons (Fsp3) is 0.400. The Labute approximate surface area is 114 Å². The van der Waals surface area contributed by atoms with Crippen LogP contribution in [0.25, 0.3) is 0 Å². The van der Waals surface area contributed by atoms with Crippen LogP contribution in [0.3, 0.4) is 0 Å². The molecule has 1 aromatic heterocycles. The summed E-state index contributed by atoms with van der Waals surface area (Å²) in [5.41, 5.74) is 2.67. The summed E-state index contributed by atoms with van der Waals surface area (Å²) in [6.07, 6.45) is 5.49. The van der Waals surface area contributed by atoms with E-state index in [0.29, 0.717) is 0 Å². The highest BCUT2D eigenvalue weighted by atomic mass is 35.5. The third kappa shape index (κ3) is 3.14. The van der Waals surface area contributed by atoms with Gasteiger partial charge in [0.2, 0.25) is 0 Å². The zero-order valence-corrected chi connectivity index (χ0v) is 11.9. The number of rotatable bonds is 3. The van der Waals surface area contributed by atoms with E-state index in [1.54, 1.807) is 12.5 Å². The predicted octanol–water partition coefficient (Wildman–Crippen LogP) is 4.16. The molecule has 0 aliphatic carbocycles. The average Bonchev–Trinajstić information content (AvgIpc) is 2.81. The lowest BCUT2D eigenvalue weighted by atomic mass is 9.86. The van der Waals surface area contributed by atoms with Crippen LogP contribution in [-0.2, 0) is 12.0 Å². The van der Waals surface area contributed by atoms with E-state index < -0.39 is 0 Å². The van der Waals surface area contributed by atoms with Gasteiger partial charge in [0.1, 0.15) is 0 Å². The monoisotopic (exact) mass is 262 g/mol. The summed E-state index contributed by atoms with van der Waals surface area (Å²) in [7, 11) is 0. The molecule has 0 saturated heterocycles. The highest BCUT2D eigenvalue weighted by molar-refractivity contribution is 6.20. The van der Waals surface area contributed by atoms with E-state index in [1.807, 2.05) is 10.8 Å². The van der Waals surface area contributed by atoms with Crippen LogP contribution in [-0.4, -0.2) is 9.55 Å². The molecule has 96 valence electrons. The van der Waals surface area contributed by atoms with Crippen LogP contribution < -0.4 is 0 Å². The van der Waals surface area contributed by atoms with Gasteiger partial charge in [-0.3, -0.25) is 0 Å². The van der Waals surface area contributed by atoms with Gasteiger partial charge in [0.15, 0.2) is 0 Å². The van der Waals surface area contributed by atoms with Gasteiger partial charge < -0.3 is 4.57 Å². The van der Waals surface area contributed by atoms with Crippen molar-refractivity contribution in [2.45, 2.75) is 38.1 Å². The van der Waals surface area contributed by atoms with Crippen LogP contribution in [0, 0.1) is 0 Å². The summed E-state index contributed by atoms with van der Waals surface area (Å²) in [5.74, 6) is 0. The number of alkyl halides is 1. The molecule has 1 atom stereocenters. The number of hydrogen-bond donors (Lipinski definition) is 0. The number of hydrogen-bond acceptors (Lipinski definition) is 1. The molecular formula is C15H19ClN2. The standard InChI is InChI=1S/C15H19ClN2/c1-15(2,3)13-6-4-12(5-7-13)14(16)10-18-9-8-17-11-18/h4-9,11,14H,10H2,1-3H3. The van der Waals surface area contributed by atoms with Gasteiger partial charge in [-0.05, 0) is 16.5 Å². The molecule has 0 bridgehead atoms. The minimum Gasteiger partial charge on any atom is -0.336 e. The molecule has 2 aromatic rings. The van der Waals surface area contributed by atoms with Crippen molar-refractivity contribution in [2.75, 3.05) is 0 Å². The van der Waals surface area contributed by atoms with Crippen molar-refractivity contribution < 1.29 is 0 Å². The first-order valence-electron chi connectivity index (χ1n) is 6.17. The lowest BCUT2D eigenvalue weighted by Crippen LogP contribution is -2.11. The van der Waals surface area contributed by atoms with Gasteiger partial charge in [-0.25, -0.2) is 4.98 Å². The van der Waals surface area contributed by atoms with Gasteiger partial charge in [0.25, 0.3) is 0 Å². The molecular weight excluding hydrogens is 244 g/mol. The van der Waals surface area contributed by atoms with E-state index in [9.17, 15) is 0 Å². The van der Waals surface area contributed by atoms with Crippen LogP contribution in [0.2, 0.25) is 0 Å². The van der Waals surface area contributed by atoms with Crippen molar-refractivity contribution in [3.63, 3.8) is 0 Å². The first kappa shape index (κ1) is 13.2. The second kappa shape index (κ2) is 5.15. The van der Waals surface area contributed by atoms with Gasteiger partial charge in [0.05, 0.1) is 11.7 Å². The maximum atomic E-state index is 6.42. The molecule has 2 rings (SSSR count). The highest BCUT2D eigenvalue weighted by Crippen LogP contribution is 2.27. The Morgan fingerprint density at radius 2 is 1.89 bits per heavy atom. The summed E-state index contributed by atoms with van der Waals surface area (Å²) < 4.78 is 2.00. The van der Waals surface area contributed by atoms with Crippen molar-refractivity contribution in [2.24, 2.45) is 0 Å². The predicted molar refractivity (Wildman–Crippen MR) is 76.0 cm³/mol. The maximum absolute atomic E-state index is 6.42. The van der Waals surface area contributed by atoms with E-state index in [2.05, 4.69) is 50.0 Å². The molecule has 0 aliphatic heterocycles. The van der Waals surface area contributed by atoms with Crippen LogP contribution in [0.5, 0.6) is 0 Å². The van der Waals surface area contributed by atoms with Gasteiger partial charge in [-0.15, -0.1) is 11.6 Å². The number of nitrogens with zero attached hydrogens (tertiary/aromatic N) is 2. The zero-order valence-electron chi connectivity index (χ0n) is 11.1. The second-order valence-electron chi connectivity index (χ2n) is 5.60. The molecule has 1 aromatic carbocycles. The smallest absolute Gasteiger partial charge is 0.0946 e. The van der Waals surface area contributed by atoms with Crippen LogP contribution >= 0.6 is 11.6 Å². The summed E-state index contributed by atoms with van der Waals surface area (Å²) >= 11 is 6.42. The Bertz CT molecular complexity index is 480. The van der Waals surface area contributed by atoms with E-state index in [4.69, 9.17) is 11.6 Å². The molecule has 18 heavy (non-hydrogen) atoms. The quantitative estimate of drug-likeness (QED) is 0.760. The third-order valence-electron chi connectivity index (χ3n) is 3.07. The van der Waals surface area contributed by atoms with Crippen molar-refractivity contribution in [3.8, 4) is 0 Å². The lowest BCUT2D eigenvalue weighted by Gasteiger charge is -2.20. The largest absolute Gasteiger partial charge is 0.336 e. The molecule has 1 heterocycles. The van der Waals surface area contributed by atoms with E-state index >= 15 is 0 Å². The van der Waals surface area contributed by atoms with Crippen molar-refractivity contribution in [1.29, 1.82) is 0 Å². The molecule has 0 saturated carbocycles. The van der Waals surface area contributed by atoms with E-state index in [-0.39, 0.29) is 10.8 Å². The molecule has 0 N–H and O–H groups in total. The summed E-state index contributed by atoms with van der Waals surface area (Å²) in [6.45, 7) is 7.39. The molecule has 0 aliphatic rings. The first-order valence-corrected chi connectivity index (χ1v) is 6.61. The van der Waals surface area contributed by atoms with Gasteiger partial charge in [-0.2, -0.15) is 0 Å². The summed E-state index contributed by atoms with van der Waals surface area (Å²) in [4.78, 5) is 4.02. The van der Waals surface area contributed by atoms with Crippen molar-refractivity contribution in [3.05, 3.63) is 54.1 Å². The van der Waals surface area contributed by atoms with E-state index in [0.717, 1.165) is 12.1 Å². The molecule has 2 nitrogen and oxygen atoms in total. The van der Waals surface area contributed by atoms with Gasteiger partial charge in [-0.1, -0.05) is 45.0 Å². The average molecular weight is 263 g/mol. The topological polar surface area (TPSA) is 17.8 Å².